The van der Waals surface area contributed by atoms with E-state index in [1.165, 1.54) is 0 Å². The highest BCUT2D eigenvalue weighted by molar-refractivity contribution is 5.76. The van der Waals surface area contributed by atoms with E-state index in [1.807, 2.05) is 6.92 Å². The number of nitrogens with one attached hydrogen (secondary N) is 1. The van der Waals surface area contributed by atoms with Crippen LogP contribution in [0.3, 0.4) is 0 Å². The van der Waals surface area contributed by atoms with Gasteiger partial charge in [0.15, 0.2) is 0 Å². The molecule has 1 rings (SSSR count). The van der Waals surface area contributed by atoms with E-state index in [0.717, 1.165) is 17.8 Å². The maximum absolute atomic E-state index is 10.4. The topological polar surface area (TPSA) is 42.0 Å². The molecule has 0 aliphatic rings. The predicted molar refractivity (Wildman–Crippen MR) is 43.9 cm³/mol. The number of carbonyl (C=O) groups is 1. The van der Waals surface area contributed by atoms with Crippen LogP contribution in [-0.2, 0) is 0 Å². The van der Waals surface area contributed by atoms with Crippen molar-refractivity contribution in [2.75, 3.05) is 12.4 Å². The Kier molecular flexibility index (Phi) is 2.21. The van der Waals surface area contributed by atoms with Gasteiger partial charge in [-0.3, -0.25) is 4.79 Å². The minimum atomic E-state index is 0.654. The highest BCUT2D eigenvalue weighted by atomic mass is 16.1. The lowest BCUT2D eigenvalue weighted by Gasteiger charge is -2.00. The molecule has 0 unspecified atom stereocenters. The van der Waals surface area contributed by atoms with Gasteiger partial charge in [-0.15, -0.1) is 0 Å². The van der Waals surface area contributed by atoms with Gasteiger partial charge in [-0.25, -0.2) is 4.98 Å². The largest absolute Gasteiger partial charge is 0.373 e. The molecule has 0 radical (unpaired) electrons. The van der Waals surface area contributed by atoms with Crippen molar-refractivity contribution in [3.8, 4) is 0 Å². The average Bonchev–Trinajstić information content (AvgIpc) is 2.03. The SMILES string of the molecule is CNc1cc(C=O)cc(C)n1. The molecule has 0 spiro atoms. The third-order valence-electron chi connectivity index (χ3n) is 1.37. The van der Waals surface area contributed by atoms with Gasteiger partial charge in [0.2, 0.25) is 0 Å². The van der Waals surface area contributed by atoms with Crippen molar-refractivity contribution in [1.29, 1.82) is 0 Å². The number of aryl methyl sites for hydroxylation is 1. The first kappa shape index (κ1) is 7.72. The number of rotatable bonds is 2. The summed E-state index contributed by atoms with van der Waals surface area (Å²) >= 11 is 0. The Hall–Kier alpha value is -1.38. The van der Waals surface area contributed by atoms with Crippen molar-refractivity contribution in [2.45, 2.75) is 6.92 Å². The fourth-order valence-corrected chi connectivity index (χ4v) is 0.891. The molecule has 58 valence electrons. The molecule has 0 aromatic carbocycles. The highest BCUT2D eigenvalue weighted by Crippen LogP contribution is 2.06. The zero-order valence-corrected chi connectivity index (χ0v) is 6.59. The molecule has 3 nitrogen and oxygen atoms in total. The van der Waals surface area contributed by atoms with Crippen LogP contribution in [0.15, 0.2) is 12.1 Å². The van der Waals surface area contributed by atoms with E-state index < -0.39 is 0 Å². The van der Waals surface area contributed by atoms with E-state index >= 15 is 0 Å². The van der Waals surface area contributed by atoms with Gasteiger partial charge in [-0.2, -0.15) is 0 Å². The van der Waals surface area contributed by atoms with Gasteiger partial charge in [0, 0.05) is 18.3 Å². The molecule has 0 saturated carbocycles. The number of carbonyl (C=O) groups excluding carboxylic acids is 1. The Labute approximate surface area is 65.5 Å². The molecule has 0 aliphatic heterocycles. The second-order valence-electron chi connectivity index (χ2n) is 2.29. The van der Waals surface area contributed by atoms with E-state index in [9.17, 15) is 4.79 Å². The van der Waals surface area contributed by atoms with Gasteiger partial charge in [0.25, 0.3) is 0 Å². The molecule has 0 atom stereocenters. The molecular weight excluding hydrogens is 140 g/mol. The zero-order chi connectivity index (χ0) is 8.27. The first-order chi connectivity index (χ1) is 5.26. The molecule has 0 fully saturated rings. The average molecular weight is 150 g/mol. The van der Waals surface area contributed by atoms with E-state index in [1.54, 1.807) is 19.2 Å². The lowest BCUT2D eigenvalue weighted by Crippen LogP contribution is -1.95. The number of anilines is 1. The van der Waals surface area contributed by atoms with Crippen molar-refractivity contribution in [2.24, 2.45) is 0 Å². The van der Waals surface area contributed by atoms with Gasteiger partial charge in [0.1, 0.15) is 12.1 Å². The van der Waals surface area contributed by atoms with Crippen LogP contribution in [0.5, 0.6) is 0 Å². The number of aromatic nitrogens is 1. The summed E-state index contributed by atoms with van der Waals surface area (Å²) in [4.78, 5) is 14.5. The van der Waals surface area contributed by atoms with Crippen LogP contribution in [0.25, 0.3) is 0 Å². The number of nitrogens with zero attached hydrogens (tertiary/aromatic N) is 1. The maximum atomic E-state index is 10.4. The Morgan fingerprint density at radius 1 is 1.55 bits per heavy atom. The quantitative estimate of drug-likeness (QED) is 0.645. The van der Waals surface area contributed by atoms with Crippen molar-refractivity contribution in [3.05, 3.63) is 23.4 Å². The van der Waals surface area contributed by atoms with Gasteiger partial charge >= 0.3 is 0 Å². The molecule has 0 bridgehead atoms. The molecule has 0 aliphatic carbocycles. The third-order valence-corrected chi connectivity index (χ3v) is 1.37. The van der Waals surface area contributed by atoms with Gasteiger partial charge in [0.05, 0.1) is 0 Å². The molecule has 0 saturated heterocycles. The summed E-state index contributed by atoms with van der Waals surface area (Å²) in [6, 6.07) is 3.45. The molecule has 11 heavy (non-hydrogen) atoms. The van der Waals surface area contributed by atoms with Crippen LogP contribution in [-0.4, -0.2) is 18.3 Å². The van der Waals surface area contributed by atoms with Crippen molar-refractivity contribution >= 4 is 12.1 Å². The fraction of sp³-hybridized carbons (Fsp3) is 0.250. The van der Waals surface area contributed by atoms with Crippen LogP contribution in [0.1, 0.15) is 16.1 Å². The van der Waals surface area contributed by atoms with Gasteiger partial charge in [-0.05, 0) is 19.1 Å². The summed E-state index contributed by atoms with van der Waals surface area (Å²) in [6.45, 7) is 1.86. The summed E-state index contributed by atoms with van der Waals surface area (Å²) in [7, 11) is 1.77. The lowest BCUT2D eigenvalue weighted by molar-refractivity contribution is 0.112. The van der Waals surface area contributed by atoms with Crippen molar-refractivity contribution in [1.82, 2.24) is 4.98 Å². The fourth-order valence-electron chi connectivity index (χ4n) is 0.891. The third kappa shape index (κ3) is 1.77. The summed E-state index contributed by atoms with van der Waals surface area (Å²) in [5, 5.41) is 2.87. The highest BCUT2D eigenvalue weighted by Gasteiger charge is 1.95. The molecule has 1 N–H and O–H groups in total. The number of hydrogen-bond acceptors (Lipinski definition) is 3. The summed E-state index contributed by atoms with van der Waals surface area (Å²) in [5.41, 5.74) is 1.50. The smallest absolute Gasteiger partial charge is 0.150 e. The summed E-state index contributed by atoms with van der Waals surface area (Å²) in [5.74, 6) is 0.729. The van der Waals surface area contributed by atoms with E-state index in [4.69, 9.17) is 0 Å². The summed E-state index contributed by atoms with van der Waals surface area (Å²) in [6.07, 6.45) is 0.815. The van der Waals surface area contributed by atoms with Crippen molar-refractivity contribution < 1.29 is 4.79 Å². The van der Waals surface area contributed by atoms with Crippen LogP contribution in [0.4, 0.5) is 5.82 Å². The lowest BCUT2D eigenvalue weighted by atomic mass is 10.2. The summed E-state index contributed by atoms with van der Waals surface area (Å²) < 4.78 is 0. The maximum Gasteiger partial charge on any atom is 0.150 e. The Bertz CT molecular complexity index is 271. The molecule has 1 heterocycles. The van der Waals surface area contributed by atoms with Gasteiger partial charge < -0.3 is 5.32 Å². The van der Waals surface area contributed by atoms with E-state index in [-0.39, 0.29) is 0 Å². The molecule has 3 heteroatoms. The zero-order valence-electron chi connectivity index (χ0n) is 6.59. The first-order valence-electron chi connectivity index (χ1n) is 3.38. The van der Waals surface area contributed by atoms with Crippen LogP contribution >= 0.6 is 0 Å². The normalized spacial score (nSPS) is 9.27. The Balaban J connectivity index is 3.11. The minimum Gasteiger partial charge on any atom is -0.373 e. The van der Waals surface area contributed by atoms with E-state index in [2.05, 4.69) is 10.3 Å². The van der Waals surface area contributed by atoms with Gasteiger partial charge in [-0.1, -0.05) is 0 Å². The molecule has 1 aromatic rings. The van der Waals surface area contributed by atoms with Crippen LogP contribution in [0, 0.1) is 6.92 Å². The molecule has 1 aromatic heterocycles. The Morgan fingerprint density at radius 3 is 2.82 bits per heavy atom. The van der Waals surface area contributed by atoms with Crippen LogP contribution < -0.4 is 5.32 Å². The molecular formula is C8H10N2O. The van der Waals surface area contributed by atoms with Crippen molar-refractivity contribution in [3.63, 3.8) is 0 Å². The number of hydrogen-bond donors (Lipinski definition) is 1. The first-order valence-corrected chi connectivity index (χ1v) is 3.38. The number of pyridine rings is 1. The number of aldehydes is 1. The second-order valence-corrected chi connectivity index (χ2v) is 2.29. The van der Waals surface area contributed by atoms with E-state index in [0.29, 0.717) is 5.56 Å². The van der Waals surface area contributed by atoms with Crippen LogP contribution in [0.2, 0.25) is 0 Å². The monoisotopic (exact) mass is 150 g/mol. The predicted octanol–water partition coefficient (Wildman–Crippen LogP) is 1.24. The standard InChI is InChI=1S/C8H10N2O/c1-6-3-7(5-11)4-8(9-2)10-6/h3-5H,1-2H3,(H,9,10). The molecule has 0 amide bonds. The minimum absolute atomic E-state index is 0.654. The Morgan fingerprint density at radius 2 is 2.27 bits per heavy atom. The second kappa shape index (κ2) is 3.14.